The number of nitrogens with zero attached hydrogens (tertiary/aromatic N) is 3. The minimum Gasteiger partial charge on any atom is -0.421 e. The van der Waals surface area contributed by atoms with Gasteiger partial charge in [0.05, 0.1) is 5.56 Å². The van der Waals surface area contributed by atoms with E-state index in [1.165, 1.54) is 0 Å². The third-order valence-electron chi connectivity index (χ3n) is 4.77. The molecule has 0 aliphatic heterocycles. The molecule has 0 saturated heterocycles. The van der Waals surface area contributed by atoms with Gasteiger partial charge in [0, 0.05) is 29.2 Å². The van der Waals surface area contributed by atoms with Crippen LogP contribution in [-0.2, 0) is 24.2 Å². The number of benzene rings is 2. The molecule has 4 rings (SSSR count). The van der Waals surface area contributed by atoms with Crippen LogP contribution >= 0.6 is 0 Å². The highest BCUT2D eigenvalue weighted by atomic mass is 16.4. The van der Waals surface area contributed by atoms with Crippen LogP contribution in [0.4, 0.5) is 5.69 Å². The lowest BCUT2D eigenvalue weighted by Gasteiger charge is -2.10. The molecule has 6 nitrogen and oxygen atoms in total. The van der Waals surface area contributed by atoms with Gasteiger partial charge in [0.2, 0.25) is 17.7 Å². The average molecular weight is 374 g/mol. The van der Waals surface area contributed by atoms with E-state index in [9.17, 15) is 4.79 Å². The number of fused-ring (bicyclic) bond motifs is 1. The lowest BCUT2D eigenvalue weighted by atomic mass is 10.1. The van der Waals surface area contributed by atoms with Crippen molar-refractivity contribution in [2.75, 3.05) is 5.32 Å². The summed E-state index contributed by atoms with van der Waals surface area (Å²) in [5.41, 5.74) is 3.76. The van der Waals surface area contributed by atoms with Crippen molar-refractivity contribution in [1.29, 1.82) is 0 Å². The van der Waals surface area contributed by atoms with Crippen molar-refractivity contribution in [1.82, 2.24) is 14.8 Å². The van der Waals surface area contributed by atoms with Crippen LogP contribution in [0, 0.1) is 0 Å². The monoisotopic (exact) mass is 374 g/mol. The summed E-state index contributed by atoms with van der Waals surface area (Å²) >= 11 is 0. The number of nitrogens with one attached hydrogen (secondary N) is 1. The molecule has 28 heavy (non-hydrogen) atoms. The molecule has 0 bridgehead atoms. The van der Waals surface area contributed by atoms with E-state index in [1.807, 2.05) is 66.2 Å². The van der Waals surface area contributed by atoms with Gasteiger partial charge in [-0.15, -0.1) is 10.2 Å². The first-order valence-corrected chi connectivity index (χ1v) is 9.48. The van der Waals surface area contributed by atoms with E-state index in [-0.39, 0.29) is 12.5 Å². The largest absolute Gasteiger partial charge is 0.421 e. The quantitative estimate of drug-likeness (QED) is 0.541. The summed E-state index contributed by atoms with van der Waals surface area (Å²) in [7, 11) is 0. The molecule has 0 fully saturated rings. The maximum atomic E-state index is 12.7. The van der Waals surface area contributed by atoms with Gasteiger partial charge in [0.15, 0.2) is 0 Å². The van der Waals surface area contributed by atoms with Crippen molar-refractivity contribution in [3.8, 4) is 11.5 Å². The number of rotatable bonds is 6. The number of amides is 1. The van der Waals surface area contributed by atoms with Crippen LogP contribution in [0.1, 0.15) is 25.3 Å². The van der Waals surface area contributed by atoms with Gasteiger partial charge in [0.1, 0.15) is 6.54 Å². The summed E-state index contributed by atoms with van der Waals surface area (Å²) in [5.74, 6) is 0.997. The molecule has 0 aliphatic rings. The first kappa shape index (κ1) is 18.0. The summed E-state index contributed by atoms with van der Waals surface area (Å²) in [6.45, 7) is 4.25. The Balaban J connectivity index is 1.64. The molecule has 1 amide bonds. The fourth-order valence-electron chi connectivity index (χ4n) is 3.35. The van der Waals surface area contributed by atoms with Gasteiger partial charge in [0.25, 0.3) is 0 Å². The van der Waals surface area contributed by atoms with E-state index >= 15 is 0 Å². The van der Waals surface area contributed by atoms with Gasteiger partial charge in [-0.25, -0.2) is 0 Å². The average Bonchev–Trinajstić information content (AvgIpc) is 3.33. The van der Waals surface area contributed by atoms with Gasteiger partial charge in [-0.05, 0) is 24.1 Å². The Labute approximate surface area is 163 Å². The van der Waals surface area contributed by atoms with E-state index in [1.54, 1.807) is 0 Å². The second-order valence-corrected chi connectivity index (χ2v) is 6.60. The van der Waals surface area contributed by atoms with Crippen molar-refractivity contribution < 1.29 is 9.21 Å². The SMILES string of the molecule is CCc1nnc(-c2cn(CC(=O)Nc3ccccc3CC)c3ccccc23)o1. The Morgan fingerprint density at radius 2 is 1.82 bits per heavy atom. The number of anilines is 1. The van der Waals surface area contributed by atoms with Crippen molar-refractivity contribution in [3.05, 3.63) is 66.2 Å². The van der Waals surface area contributed by atoms with Gasteiger partial charge in [-0.1, -0.05) is 50.2 Å². The van der Waals surface area contributed by atoms with Crippen LogP contribution in [0.3, 0.4) is 0 Å². The second kappa shape index (κ2) is 7.68. The third-order valence-corrected chi connectivity index (χ3v) is 4.77. The topological polar surface area (TPSA) is 73.0 Å². The Hall–Kier alpha value is -3.41. The fraction of sp³-hybridized carbons (Fsp3) is 0.227. The predicted octanol–water partition coefficient (Wildman–Crippen LogP) is 4.45. The van der Waals surface area contributed by atoms with Gasteiger partial charge in [-0.2, -0.15) is 0 Å². The van der Waals surface area contributed by atoms with Crippen LogP contribution in [0.25, 0.3) is 22.4 Å². The van der Waals surface area contributed by atoms with Gasteiger partial charge >= 0.3 is 0 Å². The highest BCUT2D eigenvalue weighted by Crippen LogP contribution is 2.30. The summed E-state index contributed by atoms with van der Waals surface area (Å²) < 4.78 is 7.66. The molecule has 0 aliphatic carbocycles. The first-order valence-electron chi connectivity index (χ1n) is 9.48. The minimum absolute atomic E-state index is 0.0759. The Bertz CT molecular complexity index is 1130. The zero-order valence-corrected chi connectivity index (χ0v) is 16.0. The molecule has 0 radical (unpaired) electrons. The van der Waals surface area contributed by atoms with Crippen molar-refractivity contribution in [2.45, 2.75) is 33.2 Å². The Kier molecular flexibility index (Phi) is 4.93. The van der Waals surface area contributed by atoms with Crippen molar-refractivity contribution in [2.24, 2.45) is 0 Å². The van der Waals surface area contributed by atoms with Gasteiger partial charge < -0.3 is 14.3 Å². The van der Waals surface area contributed by atoms with E-state index < -0.39 is 0 Å². The predicted molar refractivity (Wildman–Crippen MR) is 109 cm³/mol. The normalized spacial score (nSPS) is 11.1. The highest BCUT2D eigenvalue weighted by molar-refractivity contribution is 5.96. The maximum Gasteiger partial charge on any atom is 0.249 e. The smallest absolute Gasteiger partial charge is 0.249 e. The van der Waals surface area contributed by atoms with Crippen LogP contribution in [0.5, 0.6) is 0 Å². The third kappa shape index (κ3) is 3.41. The van der Waals surface area contributed by atoms with Gasteiger partial charge in [-0.3, -0.25) is 4.79 Å². The van der Waals surface area contributed by atoms with Crippen molar-refractivity contribution >= 4 is 22.5 Å². The summed E-state index contributed by atoms with van der Waals surface area (Å²) in [4.78, 5) is 12.7. The van der Waals surface area contributed by atoms with E-state index in [0.29, 0.717) is 18.2 Å². The van der Waals surface area contributed by atoms with Crippen LogP contribution in [-0.4, -0.2) is 20.7 Å². The number of hydrogen-bond donors (Lipinski definition) is 1. The molecule has 142 valence electrons. The first-order chi connectivity index (χ1) is 13.7. The Morgan fingerprint density at radius 1 is 1.04 bits per heavy atom. The van der Waals surface area contributed by atoms with Crippen LogP contribution < -0.4 is 5.32 Å². The van der Waals surface area contributed by atoms with E-state index in [2.05, 4.69) is 22.4 Å². The number of para-hydroxylation sites is 2. The number of carbonyl (C=O) groups is 1. The maximum absolute atomic E-state index is 12.7. The molecule has 2 heterocycles. The molecule has 0 atom stereocenters. The lowest BCUT2D eigenvalue weighted by molar-refractivity contribution is -0.116. The molecule has 2 aromatic carbocycles. The number of carbonyl (C=O) groups excluding carboxylic acids is 1. The van der Waals surface area contributed by atoms with E-state index in [0.717, 1.165) is 34.1 Å². The molecule has 0 unspecified atom stereocenters. The zero-order chi connectivity index (χ0) is 19.5. The van der Waals surface area contributed by atoms with Crippen LogP contribution in [0.2, 0.25) is 0 Å². The molecule has 0 spiro atoms. The molecular formula is C22H22N4O2. The highest BCUT2D eigenvalue weighted by Gasteiger charge is 2.17. The number of hydrogen-bond acceptors (Lipinski definition) is 4. The molecular weight excluding hydrogens is 352 g/mol. The minimum atomic E-state index is -0.0759. The van der Waals surface area contributed by atoms with Crippen molar-refractivity contribution in [3.63, 3.8) is 0 Å². The second-order valence-electron chi connectivity index (χ2n) is 6.60. The standard InChI is InChI=1S/C22H22N4O2/c1-3-15-9-5-7-11-18(15)23-20(27)14-26-13-17(16-10-6-8-12-19(16)26)22-25-24-21(4-2)28-22/h5-13H,3-4,14H2,1-2H3,(H,23,27). The zero-order valence-electron chi connectivity index (χ0n) is 16.0. The Morgan fingerprint density at radius 3 is 2.61 bits per heavy atom. The molecule has 4 aromatic rings. The van der Waals surface area contributed by atoms with E-state index in [4.69, 9.17) is 4.42 Å². The summed E-state index contributed by atoms with van der Waals surface area (Å²) in [6.07, 6.45) is 3.46. The number of aryl methyl sites for hydroxylation is 2. The summed E-state index contributed by atoms with van der Waals surface area (Å²) in [6, 6.07) is 15.8. The number of aromatic nitrogens is 3. The summed E-state index contributed by atoms with van der Waals surface area (Å²) in [5, 5.41) is 12.2. The molecule has 1 N–H and O–H groups in total. The molecule has 0 saturated carbocycles. The molecule has 6 heteroatoms. The molecule has 2 aromatic heterocycles. The fourth-order valence-corrected chi connectivity index (χ4v) is 3.35. The lowest BCUT2D eigenvalue weighted by Crippen LogP contribution is -2.19. The van der Waals surface area contributed by atoms with Crippen LogP contribution in [0.15, 0.2) is 59.1 Å².